The zero-order valence-electron chi connectivity index (χ0n) is 10.4. The van der Waals surface area contributed by atoms with Crippen molar-refractivity contribution in [3.05, 3.63) is 52.5 Å². The third-order valence-corrected chi connectivity index (χ3v) is 2.72. The molecule has 2 rings (SSSR count). The van der Waals surface area contributed by atoms with Crippen molar-refractivity contribution >= 4 is 5.82 Å². The summed E-state index contributed by atoms with van der Waals surface area (Å²) < 4.78 is 0. The van der Waals surface area contributed by atoms with Crippen LogP contribution < -0.4 is 5.73 Å². The number of nitrogens with two attached hydrogens (primary N) is 1. The Kier molecular flexibility index (Phi) is 3.24. The number of hydrogen-bond donors (Lipinski definition) is 1. The summed E-state index contributed by atoms with van der Waals surface area (Å²) in [5.74, 6) is 0.905. The summed E-state index contributed by atoms with van der Waals surface area (Å²) in [6, 6.07) is 10.2. The van der Waals surface area contributed by atoms with E-state index in [9.17, 15) is 0 Å². The van der Waals surface area contributed by atoms with Crippen LogP contribution in [0.2, 0.25) is 0 Å². The molecule has 0 amide bonds. The Bertz CT molecular complexity index is 603. The maximum absolute atomic E-state index is 8.91. The van der Waals surface area contributed by atoms with Gasteiger partial charge in [-0.1, -0.05) is 29.8 Å². The molecule has 90 valence electrons. The number of aryl methyl sites for hydroxylation is 2. The fraction of sp³-hybridized carbons (Fsp3) is 0.214. The molecule has 0 unspecified atom stereocenters. The van der Waals surface area contributed by atoms with Crippen molar-refractivity contribution in [2.24, 2.45) is 0 Å². The third kappa shape index (κ3) is 2.46. The molecule has 1 aromatic heterocycles. The predicted molar refractivity (Wildman–Crippen MR) is 69.9 cm³/mol. The van der Waals surface area contributed by atoms with Gasteiger partial charge in [-0.2, -0.15) is 5.26 Å². The Labute approximate surface area is 106 Å². The van der Waals surface area contributed by atoms with E-state index in [1.54, 1.807) is 6.92 Å². The number of nitrogens with zero attached hydrogens (tertiary/aromatic N) is 3. The summed E-state index contributed by atoms with van der Waals surface area (Å²) in [5, 5.41) is 8.91. The quantitative estimate of drug-likeness (QED) is 0.869. The molecule has 0 aliphatic carbocycles. The highest BCUT2D eigenvalue weighted by Gasteiger charge is 2.09. The first-order valence-corrected chi connectivity index (χ1v) is 5.69. The zero-order valence-corrected chi connectivity index (χ0v) is 10.4. The molecule has 18 heavy (non-hydrogen) atoms. The zero-order chi connectivity index (χ0) is 13.1. The minimum Gasteiger partial charge on any atom is -0.382 e. The van der Waals surface area contributed by atoms with Crippen molar-refractivity contribution in [2.45, 2.75) is 20.3 Å². The van der Waals surface area contributed by atoms with Crippen LogP contribution in [0.3, 0.4) is 0 Å². The summed E-state index contributed by atoms with van der Waals surface area (Å²) >= 11 is 0. The molecular weight excluding hydrogens is 224 g/mol. The van der Waals surface area contributed by atoms with Crippen molar-refractivity contribution in [2.75, 3.05) is 5.73 Å². The lowest BCUT2D eigenvalue weighted by atomic mass is 10.1. The number of hydrogen-bond acceptors (Lipinski definition) is 4. The van der Waals surface area contributed by atoms with Gasteiger partial charge >= 0.3 is 0 Å². The Morgan fingerprint density at radius 3 is 2.67 bits per heavy atom. The second-order valence-corrected chi connectivity index (χ2v) is 4.26. The summed E-state index contributed by atoms with van der Waals surface area (Å²) in [7, 11) is 0. The largest absolute Gasteiger partial charge is 0.382 e. The SMILES string of the molecule is Cc1cccc(Cc2nc(C)c(C#N)c(N)n2)c1. The smallest absolute Gasteiger partial charge is 0.145 e. The number of rotatable bonds is 2. The van der Waals surface area contributed by atoms with Gasteiger partial charge in [-0.3, -0.25) is 0 Å². The lowest BCUT2D eigenvalue weighted by Crippen LogP contribution is -2.06. The summed E-state index contributed by atoms with van der Waals surface area (Å²) in [4.78, 5) is 8.49. The van der Waals surface area contributed by atoms with Crippen molar-refractivity contribution in [1.29, 1.82) is 5.26 Å². The van der Waals surface area contributed by atoms with Crippen molar-refractivity contribution in [1.82, 2.24) is 9.97 Å². The molecule has 0 bridgehead atoms. The van der Waals surface area contributed by atoms with Crippen molar-refractivity contribution in [3.63, 3.8) is 0 Å². The molecule has 0 saturated heterocycles. The summed E-state index contributed by atoms with van der Waals surface area (Å²) in [6.45, 7) is 3.82. The lowest BCUT2D eigenvalue weighted by molar-refractivity contribution is 0.942. The number of nitrogen functional groups attached to an aromatic ring is 1. The monoisotopic (exact) mass is 238 g/mol. The van der Waals surface area contributed by atoms with Crippen LogP contribution in [0.5, 0.6) is 0 Å². The average molecular weight is 238 g/mol. The molecule has 0 fully saturated rings. The average Bonchev–Trinajstić information content (AvgIpc) is 2.28. The molecule has 0 aliphatic heterocycles. The standard InChI is InChI=1S/C14H14N4/c1-9-4-3-5-11(6-9)7-13-17-10(2)12(8-15)14(16)18-13/h3-6H,7H2,1-2H3,(H2,16,17,18). The topological polar surface area (TPSA) is 75.6 Å². The van der Waals surface area contributed by atoms with Gasteiger partial charge in [-0.05, 0) is 19.4 Å². The number of nitriles is 1. The minimum atomic E-state index is 0.257. The Morgan fingerprint density at radius 2 is 2.06 bits per heavy atom. The molecule has 1 aromatic carbocycles. The first kappa shape index (κ1) is 12.1. The molecular formula is C14H14N4. The van der Waals surface area contributed by atoms with Crippen LogP contribution >= 0.6 is 0 Å². The maximum atomic E-state index is 8.91. The van der Waals surface area contributed by atoms with Gasteiger partial charge in [-0.15, -0.1) is 0 Å². The van der Waals surface area contributed by atoms with Gasteiger partial charge in [0, 0.05) is 6.42 Å². The molecule has 0 spiro atoms. The van der Waals surface area contributed by atoms with E-state index in [-0.39, 0.29) is 5.82 Å². The van der Waals surface area contributed by atoms with Gasteiger partial charge in [-0.25, -0.2) is 9.97 Å². The van der Waals surface area contributed by atoms with Gasteiger partial charge in [0.15, 0.2) is 0 Å². The number of aromatic nitrogens is 2. The van der Waals surface area contributed by atoms with Gasteiger partial charge < -0.3 is 5.73 Å². The fourth-order valence-corrected chi connectivity index (χ4v) is 1.88. The Morgan fingerprint density at radius 1 is 1.28 bits per heavy atom. The van der Waals surface area contributed by atoms with Gasteiger partial charge in [0.1, 0.15) is 23.3 Å². The van der Waals surface area contributed by atoms with Crippen LogP contribution in [0.1, 0.15) is 28.2 Å². The van der Waals surface area contributed by atoms with Crippen LogP contribution in [0.15, 0.2) is 24.3 Å². The van der Waals surface area contributed by atoms with E-state index in [0.29, 0.717) is 23.5 Å². The summed E-state index contributed by atoms with van der Waals surface area (Å²) in [5.41, 5.74) is 9.08. The van der Waals surface area contributed by atoms with E-state index < -0.39 is 0 Å². The molecule has 1 heterocycles. The summed E-state index contributed by atoms with van der Waals surface area (Å²) in [6.07, 6.45) is 0.623. The van der Waals surface area contributed by atoms with Crippen LogP contribution in [0.4, 0.5) is 5.82 Å². The lowest BCUT2D eigenvalue weighted by Gasteiger charge is -2.06. The molecule has 0 atom stereocenters. The normalized spacial score (nSPS) is 10.1. The van der Waals surface area contributed by atoms with E-state index in [0.717, 1.165) is 5.56 Å². The number of anilines is 1. The maximum Gasteiger partial charge on any atom is 0.145 e. The Balaban J connectivity index is 2.34. The second kappa shape index (κ2) is 4.84. The minimum absolute atomic E-state index is 0.257. The van der Waals surface area contributed by atoms with Gasteiger partial charge in [0.25, 0.3) is 0 Å². The van der Waals surface area contributed by atoms with E-state index in [4.69, 9.17) is 11.0 Å². The highest BCUT2D eigenvalue weighted by Crippen LogP contribution is 2.14. The van der Waals surface area contributed by atoms with Gasteiger partial charge in [0.2, 0.25) is 0 Å². The van der Waals surface area contributed by atoms with Crippen LogP contribution in [-0.2, 0) is 6.42 Å². The van der Waals surface area contributed by atoms with Gasteiger partial charge in [0.05, 0.1) is 5.69 Å². The highest BCUT2D eigenvalue weighted by atomic mass is 14.9. The third-order valence-electron chi connectivity index (χ3n) is 2.72. The van der Waals surface area contributed by atoms with Crippen LogP contribution in [-0.4, -0.2) is 9.97 Å². The van der Waals surface area contributed by atoms with Crippen molar-refractivity contribution < 1.29 is 0 Å². The van der Waals surface area contributed by atoms with E-state index >= 15 is 0 Å². The molecule has 0 saturated carbocycles. The van der Waals surface area contributed by atoms with E-state index in [1.165, 1.54) is 5.56 Å². The molecule has 2 N–H and O–H groups in total. The van der Waals surface area contributed by atoms with Crippen molar-refractivity contribution in [3.8, 4) is 6.07 Å². The van der Waals surface area contributed by atoms with Crippen LogP contribution in [0.25, 0.3) is 0 Å². The first-order chi connectivity index (χ1) is 8.60. The van der Waals surface area contributed by atoms with E-state index in [2.05, 4.69) is 16.0 Å². The predicted octanol–water partition coefficient (Wildman–Crippen LogP) is 2.14. The molecule has 4 heteroatoms. The van der Waals surface area contributed by atoms with Crippen LogP contribution in [0, 0.1) is 25.2 Å². The first-order valence-electron chi connectivity index (χ1n) is 5.69. The number of benzene rings is 1. The van der Waals surface area contributed by atoms with E-state index in [1.807, 2.05) is 31.2 Å². The molecule has 4 nitrogen and oxygen atoms in total. The molecule has 0 radical (unpaired) electrons. The Hall–Kier alpha value is -2.41. The highest BCUT2D eigenvalue weighted by molar-refractivity contribution is 5.50. The molecule has 0 aliphatic rings. The fourth-order valence-electron chi connectivity index (χ4n) is 1.88. The second-order valence-electron chi connectivity index (χ2n) is 4.26. The molecule has 2 aromatic rings.